The molecular weight excluding hydrogens is 545 g/mol. The Morgan fingerprint density at radius 1 is 1.23 bits per heavy atom. The zero-order valence-corrected chi connectivity index (χ0v) is 25.5. The highest BCUT2D eigenvalue weighted by atomic mass is 35.5. The normalized spacial score (nSPS) is 16.7. The summed E-state index contributed by atoms with van der Waals surface area (Å²) in [5.41, 5.74) is 2.91. The van der Waals surface area contributed by atoms with E-state index in [9.17, 15) is 4.79 Å². The smallest absolute Gasteiger partial charge is 0.410 e. The Kier molecular flexibility index (Phi) is 11.0. The van der Waals surface area contributed by atoms with E-state index in [0.717, 1.165) is 36.3 Å². The Balaban J connectivity index is 1.67. The van der Waals surface area contributed by atoms with Crippen LogP contribution in [0, 0.1) is 11.3 Å². The Morgan fingerprint density at radius 2 is 1.88 bits per heavy atom. The molecule has 8 heteroatoms. The van der Waals surface area contributed by atoms with Gasteiger partial charge in [0.15, 0.2) is 0 Å². The molecule has 0 saturated carbocycles. The third-order valence-corrected chi connectivity index (χ3v) is 7.25. The number of rotatable bonds is 10. The van der Waals surface area contributed by atoms with E-state index in [0.29, 0.717) is 40.2 Å². The van der Waals surface area contributed by atoms with Gasteiger partial charge in [-0.1, -0.05) is 61.0 Å². The summed E-state index contributed by atoms with van der Waals surface area (Å²) in [6.45, 7) is 14.3. The predicted octanol–water partition coefficient (Wildman–Crippen LogP) is 9.32. The van der Waals surface area contributed by atoms with Crippen molar-refractivity contribution in [1.29, 1.82) is 5.41 Å². The van der Waals surface area contributed by atoms with Gasteiger partial charge >= 0.3 is 6.09 Å². The first-order valence-electron chi connectivity index (χ1n) is 13.5. The first kappa shape index (κ1) is 31.4. The summed E-state index contributed by atoms with van der Waals surface area (Å²) >= 11 is 13.3. The van der Waals surface area contributed by atoms with Crippen molar-refractivity contribution >= 4 is 46.4 Å². The number of aliphatic imine (C=N–C) groups is 1. The number of likely N-dealkylation sites (tertiary alicyclic amines) is 1. The lowest BCUT2D eigenvalue weighted by molar-refractivity contribution is 0.0211. The molecule has 0 spiro atoms. The molecule has 1 fully saturated rings. The summed E-state index contributed by atoms with van der Waals surface area (Å²) in [7, 11) is 0. The van der Waals surface area contributed by atoms with Crippen molar-refractivity contribution in [3.05, 3.63) is 71.3 Å². The molecule has 40 heavy (non-hydrogen) atoms. The predicted molar refractivity (Wildman–Crippen MR) is 167 cm³/mol. The number of hydrogen-bond acceptors (Lipinski definition) is 5. The van der Waals surface area contributed by atoms with Gasteiger partial charge in [-0.2, -0.15) is 0 Å². The average Bonchev–Trinajstić information content (AvgIpc) is 3.34. The van der Waals surface area contributed by atoms with E-state index in [1.807, 2.05) is 62.9 Å². The van der Waals surface area contributed by atoms with E-state index in [4.69, 9.17) is 43.1 Å². The topological polar surface area (TPSA) is 75.0 Å². The highest BCUT2D eigenvalue weighted by molar-refractivity contribution is 6.39. The van der Waals surface area contributed by atoms with Crippen LogP contribution in [0.2, 0.25) is 10.0 Å². The second-order valence-corrected chi connectivity index (χ2v) is 11.8. The fourth-order valence-corrected chi connectivity index (χ4v) is 5.14. The number of nitrogens with zero attached hydrogens (tertiary/aromatic N) is 2. The van der Waals surface area contributed by atoms with E-state index >= 15 is 0 Å². The third kappa shape index (κ3) is 8.70. The Labute approximate surface area is 248 Å². The van der Waals surface area contributed by atoms with Crippen molar-refractivity contribution in [2.75, 3.05) is 13.2 Å². The minimum absolute atomic E-state index is 0.117. The number of carbonyl (C=O) groups excluding carboxylic acids is 1. The van der Waals surface area contributed by atoms with Crippen LogP contribution in [0.5, 0.6) is 5.75 Å². The van der Waals surface area contributed by atoms with Gasteiger partial charge < -0.3 is 19.8 Å². The summed E-state index contributed by atoms with van der Waals surface area (Å²) in [5.74, 6) is 0.573. The summed E-state index contributed by atoms with van der Waals surface area (Å²) < 4.78 is 11.5. The fraction of sp³-hybridized carbons (Fsp3) is 0.406. The first-order chi connectivity index (χ1) is 18.9. The maximum Gasteiger partial charge on any atom is 0.410 e. The molecular formula is C32H39Cl2N3O3. The Bertz CT molecular complexity index is 1260. The van der Waals surface area contributed by atoms with Gasteiger partial charge in [0.05, 0.1) is 22.3 Å². The van der Waals surface area contributed by atoms with Crippen molar-refractivity contribution in [3.63, 3.8) is 0 Å². The summed E-state index contributed by atoms with van der Waals surface area (Å²) in [4.78, 5) is 19.1. The molecule has 2 aromatic carbocycles. The Hall–Kier alpha value is -3.09. The number of amides is 1. The summed E-state index contributed by atoms with van der Waals surface area (Å²) in [6.07, 6.45) is 7.71. The molecule has 1 amide bonds. The van der Waals surface area contributed by atoms with Gasteiger partial charge in [0.2, 0.25) is 0 Å². The zero-order chi connectivity index (χ0) is 29.4. The number of halogens is 2. The van der Waals surface area contributed by atoms with E-state index < -0.39 is 5.60 Å². The molecule has 214 valence electrons. The lowest BCUT2D eigenvalue weighted by atomic mass is 10.00. The van der Waals surface area contributed by atoms with E-state index in [1.165, 1.54) is 0 Å². The van der Waals surface area contributed by atoms with Gasteiger partial charge in [0.25, 0.3) is 0 Å². The maximum atomic E-state index is 12.5. The molecule has 1 aliphatic heterocycles. The van der Waals surface area contributed by atoms with Crippen LogP contribution >= 0.6 is 23.2 Å². The fourth-order valence-electron chi connectivity index (χ4n) is 4.44. The standard InChI is InChI=1S/C32H39Cl2N3O3/c1-7-8-11-29(21(2)22(3)35)36-24-19-27(33)30(28(34)20-24)23-12-14-26(15-13-23)39-18-16-25-10-9-17-37(25)31(38)40-32(4,5)6/h7-8,11-15,19-21,25,35H,1,9-10,16-18H2,2-6H3/b11-8+,35-22?,36-29?. The Morgan fingerprint density at radius 3 is 2.45 bits per heavy atom. The van der Waals surface area contributed by atoms with Gasteiger partial charge in [-0.3, -0.25) is 4.99 Å². The van der Waals surface area contributed by atoms with Crippen molar-refractivity contribution in [3.8, 4) is 16.9 Å². The molecule has 3 rings (SSSR count). The van der Waals surface area contributed by atoms with Crippen LogP contribution in [0.3, 0.4) is 0 Å². The van der Waals surface area contributed by atoms with Crippen LogP contribution in [0.15, 0.2) is 66.2 Å². The zero-order valence-electron chi connectivity index (χ0n) is 24.0. The number of allylic oxidation sites excluding steroid dienone is 3. The van der Waals surface area contributed by atoms with Crippen molar-refractivity contribution in [2.24, 2.45) is 10.9 Å². The highest BCUT2D eigenvalue weighted by Gasteiger charge is 2.32. The van der Waals surface area contributed by atoms with Crippen molar-refractivity contribution in [2.45, 2.75) is 65.5 Å². The number of benzene rings is 2. The van der Waals surface area contributed by atoms with Gasteiger partial charge in [0.1, 0.15) is 11.4 Å². The molecule has 0 aromatic heterocycles. The molecule has 1 N–H and O–H groups in total. The lowest BCUT2D eigenvalue weighted by Crippen LogP contribution is -2.40. The molecule has 0 radical (unpaired) electrons. The molecule has 1 aliphatic rings. The second-order valence-electron chi connectivity index (χ2n) is 11.0. The number of ether oxygens (including phenoxy) is 2. The first-order valence-corrected chi connectivity index (χ1v) is 14.3. The number of carbonyl (C=O) groups is 1. The van der Waals surface area contributed by atoms with E-state index in [1.54, 1.807) is 31.2 Å². The molecule has 2 unspecified atom stereocenters. The molecule has 0 aliphatic carbocycles. The van der Waals surface area contributed by atoms with Crippen LogP contribution in [0.4, 0.5) is 10.5 Å². The highest BCUT2D eigenvalue weighted by Crippen LogP contribution is 2.39. The molecule has 1 saturated heterocycles. The van der Waals surface area contributed by atoms with Crippen LogP contribution in [-0.4, -0.2) is 47.2 Å². The average molecular weight is 585 g/mol. The molecule has 2 atom stereocenters. The van der Waals surface area contributed by atoms with E-state index in [-0.39, 0.29) is 18.1 Å². The van der Waals surface area contributed by atoms with Crippen LogP contribution in [0.1, 0.15) is 53.9 Å². The third-order valence-electron chi connectivity index (χ3n) is 6.65. The lowest BCUT2D eigenvalue weighted by Gasteiger charge is -2.28. The van der Waals surface area contributed by atoms with Gasteiger partial charge in [-0.05, 0) is 76.4 Å². The van der Waals surface area contributed by atoms with Gasteiger partial charge in [-0.25, -0.2) is 4.79 Å². The minimum Gasteiger partial charge on any atom is -0.494 e. The van der Waals surface area contributed by atoms with Crippen molar-refractivity contribution in [1.82, 2.24) is 4.90 Å². The second kappa shape index (κ2) is 14.0. The van der Waals surface area contributed by atoms with Crippen LogP contribution in [-0.2, 0) is 4.74 Å². The SMILES string of the molecule is C=C/C=C/C(=Nc1cc(Cl)c(-c2ccc(OCCC3CCCN3C(=O)OC(C)(C)C)cc2)c(Cl)c1)C(C)C(C)=N. The molecule has 0 bridgehead atoms. The van der Waals surface area contributed by atoms with Gasteiger partial charge in [0, 0.05) is 41.9 Å². The maximum absolute atomic E-state index is 12.5. The molecule has 2 aromatic rings. The van der Waals surface area contributed by atoms with Crippen molar-refractivity contribution < 1.29 is 14.3 Å². The van der Waals surface area contributed by atoms with Crippen LogP contribution in [0.25, 0.3) is 11.1 Å². The van der Waals surface area contributed by atoms with Gasteiger partial charge in [-0.15, -0.1) is 0 Å². The summed E-state index contributed by atoms with van der Waals surface area (Å²) in [6, 6.07) is 11.3. The largest absolute Gasteiger partial charge is 0.494 e. The molecule has 6 nitrogen and oxygen atoms in total. The minimum atomic E-state index is -0.508. The molecule has 1 heterocycles. The number of hydrogen-bond donors (Lipinski definition) is 1. The summed E-state index contributed by atoms with van der Waals surface area (Å²) in [5, 5.41) is 8.96. The quantitative estimate of drug-likeness (QED) is 0.223. The monoisotopic (exact) mass is 583 g/mol. The van der Waals surface area contributed by atoms with E-state index in [2.05, 4.69) is 6.58 Å². The number of nitrogens with one attached hydrogen (secondary N) is 1. The van der Waals surface area contributed by atoms with Crippen LogP contribution < -0.4 is 4.74 Å².